The Labute approximate surface area is 110 Å². The van der Waals surface area contributed by atoms with Crippen LogP contribution in [0.25, 0.3) is 0 Å². The predicted molar refractivity (Wildman–Crippen MR) is 75.0 cm³/mol. The molecule has 18 heavy (non-hydrogen) atoms. The lowest BCUT2D eigenvalue weighted by Crippen LogP contribution is -2.24. The van der Waals surface area contributed by atoms with Gasteiger partial charge in [-0.25, -0.2) is 10.8 Å². The standard InChI is InChI=1S/C14H24N4/c1-2-12-4-3-8-18(9-6-12)11-13-5-7-16-14(10-13)17-15/h5,7,10,12H,2-4,6,8-9,11,15H2,1H3,(H,16,17). The minimum absolute atomic E-state index is 0.744. The van der Waals surface area contributed by atoms with Crippen LogP contribution in [0.3, 0.4) is 0 Å². The highest BCUT2D eigenvalue weighted by Crippen LogP contribution is 2.21. The highest BCUT2D eigenvalue weighted by molar-refractivity contribution is 5.35. The Balaban J connectivity index is 1.92. The Bertz CT molecular complexity index is 367. The van der Waals surface area contributed by atoms with Crippen LogP contribution in [0, 0.1) is 5.92 Å². The number of likely N-dealkylation sites (tertiary alicyclic amines) is 1. The van der Waals surface area contributed by atoms with Gasteiger partial charge in [0.1, 0.15) is 5.82 Å². The Hall–Kier alpha value is -1.13. The van der Waals surface area contributed by atoms with E-state index < -0.39 is 0 Å². The number of rotatable bonds is 4. The van der Waals surface area contributed by atoms with Gasteiger partial charge in [0.15, 0.2) is 0 Å². The van der Waals surface area contributed by atoms with Gasteiger partial charge < -0.3 is 5.43 Å². The molecule has 0 spiro atoms. The highest BCUT2D eigenvalue weighted by atomic mass is 15.2. The molecule has 0 saturated carbocycles. The molecule has 4 nitrogen and oxygen atoms in total. The van der Waals surface area contributed by atoms with Crippen molar-refractivity contribution >= 4 is 5.82 Å². The van der Waals surface area contributed by atoms with E-state index in [4.69, 9.17) is 5.84 Å². The fraction of sp³-hybridized carbons (Fsp3) is 0.643. The van der Waals surface area contributed by atoms with Crippen molar-refractivity contribution in [1.82, 2.24) is 9.88 Å². The molecule has 1 aliphatic rings. The lowest BCUT2D eigenvalue weighted by molar-refractivity contribution is 0.272. The topological polar surface area (TPSA) is 54.2 Å². The number of anilines is 1. The Morgan fingerprint density at radius 1 is 1.44 bits per heavy atom. The number of hydrogen-bond donors (Lipinski definition) is 2. The zero-order valence-electron chi connectivity index (χ0n) is 11.2. The zero-order chi connectivity index (χ0) is 12.8. The van der Waals surface area contributed by atoms with Gasteiger partial charge in [-0.2, -0.15) is 0 Å². The van der Waals surface area contributed by atoms with E-state index in [1.165, 1.54) is 44.3 Å². The molecule has 1 aliphatic heterocycles. The lowest BCUT2D eigenvalue weighted by atomic mass is 9.98. The van der Waals surface area contributed by atoms with Gasteiger partial charge in [-0.1, -0.05) is 13.3 Å². The first-order valence-corrected chi connectivity index (χ1v) is 6.95. The maximum Gasteiger partial charge on any atom is 0.140 e. The minimum atomic E-state index is 0.744. The molecule has 4 heteroatoms. The summed E-state index contributed by atoms with van der Waals surface area (Å²) < 4.78 is 0. The largest absolute Gasteiger partial charge is 0.308 e. The maximum absolute atomic E-state index is 5.39. The van der Waals surface area contributed by atoms with Crippen LogP contribution in [0.2, 0.25) is 0 Å². The fourth-order valence-electron chi connectivity index (χ4n) is 2.70. The third kappa shape index (κ3) is 3.68. The average Bonchev–Trinajstić information content (AvgIpc) is 2.64. The van der Waals surface area contributed by atoms with E-state index in [0.717, 1.165) is 18.3 Å². The van der Waals surface area contributed by atoms with Crippen LogP contribution in [0.15, 0.2) is 18.3 Å². The molecule has 1 fully saturated rings. The molecule has 1 aromatic heterocycles. The average molecular weight is 248 g/mol. The fourth-order valence-corrected chi connectivity index (χ4v) is 2.70. The molecule has 1 atom stereocenters. The van der Waals surface area contributed by atoms with Crippen LogP contribution in [0.4, 0.5) is 5.82 Å². The van der Waals surface area contributed by atoms with Crippen molar-refractivity contribution in [2.75, 3.05) is 18.5 Å². The molecule has 100 valence electrons. The molecule has 0 radical (unpaired) electrons. The molecule has 1 aromatic rings. The van der Waals surface area contributed by atoms with Crippen LogP contribution in [0.1, 0.15) is 38.2 Å². The molecule has 2 heterocycles. The third-order valence-corrected chi connectivity index (χ3v) is 3.90. The molecular weight excluding hydrogens is 224 g/mol. The number of hydrogen-bond acceptors (Lipinski definition) is 4. The van der Waals surface area contributed by atoms with E-state index in [9.17, 15) is 0 Å². The van der Waals surface area contributed by atoms with Gasteiger partial charge in [0.2, 0.25) is 0 Å². The number of nitrogens with zero attached hydrogens (tertiary/aromatic N) is 2. The van der Waals surface area contributed by atoms with Gasteiger partial charge in [-0.3, -0.25) is 4.90 Å². The first-order chi connectivity index (χ1) is 8.81. The van der Waals surface area contributed by atoms with E-state index in [-0.39, 0.29) is 0 Å². The van der Waals surface area contributed by atoms with Gasteiger partial charge in [0, 0.05) is 12.7 Å². The zero-order valence-corrected chi connectivity index (χ0v) is 11.2. The summed E-state index contributed by atoms with van der Waals surface area (Å²) in [7, 11) is 0. The van der Waals surface area contributed by atoms with Gasteiger partial charge in [0.05, 0.1) is 0 Å². The molecule has 3 N–H and O–H groups in total. The second-order valence-electron chi connectivity index (χ2n) is 5.17. The first kappa shape index (κ1) is 13.3. The summed E-state index contributed by atoms with van der Waals surface area (Å²) in [6.07, 6.45) is 7.19. The number of nitrogens with one attached hydrogen (secondary N) is 1. The summed E-state index contributed by atoms with van der Waals surface area (Å²) in [5.74, 6) is 7.06. The number of nitrogens with two attached hydrogens (primary N) is 1. The van der Waals surface area contributed by atoms with Crippen molar-refractivity contribution in [2.24, 2.45) is 11.8 Å². The number of pyridine rings is 1. The van der Waals surface area contributed by atoms with Crippen LogP contribution in [-0.2, 0) is 6.54 Å². The second kappa shape index (κ2) is 6.71. The maximum atomic E-state index is 5.39. The molecule has 2 rings (SSSR count). The molecule has 0 aliphatic carbocycles. The van der Waals surface area contributed by atoms with Crippen LogP contribution < -0.4 is 11.3 Å². The van der Waals surface area contributed by atoms with E-state index in [2.05, 4.69) is 28.3 Å². The monoisotopic (exact) mass is 248 g/mol. The molecule has 0 bridgehead atoms. The normalized spacial score (nSPS) is 21.6. The van der Waals surface area contributed by atoms with Gasteiger partial charge in [0.25, 0.3) is 0 Å². The van der Waals surface area contributed by atoms with Gasteiger partial charge in [-0.05, 0) is 56.0 Å². The van der Waals surface area contributed by atoms with Crippen LogP contribution in [0.5, 0.6) is 0 Å². The summed E-state index contributed by atoms with van der Waals surface area (Å²) in [5.41, 5.74) is 3.89. The summed E-state index contributed by atoms with van der Waals surface area (Å²) in [5, 5.41) is 0. The number of nitrogen functional groups attached to an aromatic ring is 1. The summed E-state index contributed by atoms with van der Waals surface area (Å²) >= 11 is 0. The Morgan fingerprint density at radius 2 is 2.33 bits per heavy atom. The highest BCUT2D eigenvalue weighted by Gasteiger charge is 2.15. The Morgan fingerprint density at radius 3 is 3.11 bits per heavy atom. The second-order valence-corrected chi connectivity index (χ2v) is 5.17. The van der Waals surface area contributed by atoms with Crippen molar-refractivity contribution < 1.29 is 0 Å². The lowest BCUT2D eigenvalue weighted by Gasteiger charge is -2.20. The minimum Gasteiger partial charge on any atom is -0.308 e. The smallest absolute Gasteiger partial charge is 0.140 e. The number of aromatic nitrogens is 1. The molecule has 1 saturated heterocycles. The summed E-state index contributed by atoms with van der Waals surface area (Å²) in [4.78, 5) is 6.69. The van der Waals surface area contributed by atoms with E-state index in [1.54, 1.807) is 0 Å². The Kier molecular flexibility index (Phi) is 4.96. The van der Waals surface area contributed by atoms with Crippen molar-refractivity contribution in [3.63, 3.8) is 0 Å². The molecular formula is C14H24N4. The van der Waals surface area contributed by atoms with Crippen molar-refractivity contribution in [3.05, 3.63) is 23.9 Å². The molecule has 0 amide bonds. The SMILES string of the molecule is CCC1CCCN(Cc2ccnc(NN)c2)CC1. The molecule has 1 unspecified atom stereocenters. The van der Waals surface area contributed by atoms with Crippen molar-refractivity contribution in [1.29, 1.82) is 0 Å². The first-order valence-electron chi connectivity index (χ1n) is 6.95. The summed E-state index contributed by atoms with van der Waals surface area (Å²) in [6, 6.07) is 4.10. The van der Waals surface area contributed by atoms with Gasteiger partial charge >= 0.3 is 0 Å². The predicted octanol–water partition coefficient (Wildman–Crippen LogP) is 2.38. The third-order valence-electron chi connectivity index (χ3n) is 3.90. The van der Waals surface area contributed by atoms with E-state index in [1.807, 2.05) is 12.3 Å². The van der Waals surface area contributed by atoms with Crippen molar-refractivity contribution in [2.45, 2.75) is 39.2 Å². The van der Waals surface area contributed by atoms with Crippen LogP contribution in [-0.4, -0.2) is 23.0 Å². The van der Waals surface area contributed by atoms with Crippen LogP contribution >= 0.6 is 0 Å². The summed E-state index contributed by atoms with van der Waals surface area (Å²) in [6.45, 7) is 5.74. The quantitative estimate of drug-likeness (QED) is 0.634. The van der Waals surface area contributed by atoms with Crippen molar-refractivity contribution in [3.8, 4) is 0 Å². The van der Waals surface area contributed by atoms with E-state index >= 15 is 0 Å². The van der Waals surface area contributed by atoms with Gasteiger partial charge in [-0.15, -0.1) is 0 Å². The number of hydrazine groups is 1. The molecule has 0 aromatic carbocycles. The van der Waals surface area contributed by atoms with E-state index in [0.29, 0.717) is 0 Å².